The van der Waals surface area contributed by atoms with E-state index < -0.39 is 5.79 Å². The largest absolute Gasteiger partial charge is 0.348 e. The minimum atomic E-state index is -0.417. The molecule has 0 spiro atoms. The van der Waals surface area contributed by atoms with Gasteiger partial charge in [0.1, 0.15) is 0 Å². The van der Waals surface area contributed by atoms with Crippen molar-refractivity contribution in [3.63, 3.8) is 0 Å². The van der Waals surface area contributed by atoms with Gasteiger partial charge in [0, 0.05) is 5.41 Å². The number of hydrogen-bond acceptors (Lipinski definition) is 2. The summed E-state index contributed by atoms with van der Waals surface area (Å²) in [6.45, 7) is 14.9. The molecule has 0 bridgehead atoms. The lowest BCUT2D eigenvalue weighted by molar-refractivity contribution is -0.151. The second-order valence-electron chi connectivity index (χ2n) is 11.1. The highest BCUT2D eigenvalue weighted by Gasteiger charge is 2.55. The van der Waals surface area contributed by atoms with Gasteiger partial charge in [0.15, 0.2) is 5.79 Å². The normalized spacial score (nSPS) is 48.4. The van der Waals surface area contributed by atoms with Gasteiger partial charge in [0.25, 0.3) is 0 Å². The van der Waals surface area contributed by atoms with Gasteiger partial charge in [0.2, 0.25) is 0 Å². The van der Waals surface area contributed by atoms with Crippen LogP contribution in [0.3, 0.4) is 0 Å². The van der Waals surface area contributed by atoms with E-state index in [1.165, 1.54) is 44.9 Å². The van der Waals surface area contributed by atoms with E-state index in [0.717, 1.165) is 18.4 Å². The van der Waals surface area contributed by atoms with E-state index in [9.17, 15) is 0 Å². The summed E-state index contributed by atoms with van der Waals surface area (Å²) in [4.78, 5) is 0. The quantitative estimate of drug-likeness (QED) is 0.533. The predicted octanol–water partition coefficient (Wildman–Crippen LogP) is 6.11. The van der Waals surface area contributed by atoms with Crippen LogP contribution in [0.5, 0.6) is 0 Å². The summed E-state index contributed by atoms with van der Waals surface area (Å²) in [5.74, 6) is 1.28. The first-order valence-corrected chi connectivity index (χ1v) is 10.6. The first kappa shape index (κ1) is 18.0. The topological polar surface area (TPSA) is 18.5 Å². The van der Waals surface area contributed by atoms with Crippen LogP contribution < -0.4 is 0 Å². The maximum absolute atomic E-state index is 6.27. The van der Waals surface area contributed by atoms with Crippen LogP contribution in [0.4, 0.5) is 0 Å². The summed E-state index contributed by atoms with van der Waals surface area (Å²) in [7, 11) is 0. The molecule has 0 aromatic rings. The first-order valence-electron chi connectivity index (χ1n) is 10.6. The highest BCUT2D eigenvalue weighted by Crippen LogP contribution is 2.64. The van der Waals surface area contributed by atoms with Crippen molar-refractivity contribution < 1.29 is 9.47 Å². The molecule has 1 heterocycles. The lowest BCUT2D eigenvalue weighted by Gasteiger charge is -2.60. The molecular weight excluding hydrogens is 308 g/mol. The van der Waals surface area contributed by atoms with E-state index in [-0.39, 0.29) is 11.5 Å². The van der Waals surface area contributed by atoms with Gasteiger partial charge in [-0.25, -0.2) is 0 Å². The lowest BCUT2D eigenvalue weighted by Crippen LogP contribution is -2.51. The SMILES string of the molecule is CC1(C)OCC(C2(C)C=C3CCC4C(C)(C)CCCC4(C)C3CC2)O1. The zero-order valence-corrected chi connectivity index (χ0v) is 17.3. The van der Waals surface area contributed by atoms with Crippen LogP contribution in [-0.2, 0) is 9.47 Å². The predicted molar refractivity (Wildman–Crippen MR) is 102 cm³/mol. The van der Waals surface area contributed by atoms with Crippen LogP contribution in [0, 0.1) is 28.1 Å². The minimum Gasteiger partial charge on any atom is -0.348 e. The summed E-state index contributed by atoms with van der Waals surface area (Å²) >= 11 is 0. The molecule has 3 aliphatic carbocycles. The summed E-state index contributed by atoms with van der Waals surface area (Å²) in [5.41, 5.74) is 2.93. The third-order valence-electron chi connectivity index (χ3n) is 8.47. The molecule has 2 heteroatoms. The Morgan fingerprint density at radius 2 is 1.72 bits per heavy atom. The average molecular weight is 347 g/mol. The Hall–Kier alpha value is -0.340. The highest BCUT2D eigenvalue weighted by atomic mass is 16.7. The molecule has 0 amide bonds. The average Bonchev–Trinajstić information content (AvgIpc) is 2.87. The Labute approximate surface area is 154 Å². The maximum Gasteiger partial charge on any atom is 0.163 e. The molecule has 0 N–H and O–H groups in total. The van der Waals surface area contributed by atoms with E-state index in [4.69, 9.17) is 9.47 Å². The fourth-order valence-electron chi connectivity index (χ4n) is 7.12. The van der Waals surface area contributed by atoms with Crippen molar-refractivity contribution in [1.29, 1.82) is 0 Å². The molecule has 0 aromatic carbocycles. The van der Waals surface area contributed by atoms with Crippen molar-refractivity contribution in [2.24, 2.45) is 28.1 Å². The van der Waals surface area contributed by atoms with Crippen LogP contribution in [0.1, 0.15) is 86.5 Å². The smallest absolute Gasteiger partial charge is 0.163 e. The third-order valence-corrected chi connectivity index (χ3v) is 8.47. The molecule has 2 nitrogen and oxygen atoms in total. The van der Waals surface area contributed by atoms with Gasteiger partial charge in [0.05, 0.1) is 12.7 Å². The summed E-state index contributed by atoms with van der Waals surface area (Å²) < 4.78 is 12.2. The number of allylic oxidation sites excluding steroid dienone is 1. The molecule has 4 rings (SSSR count). The molecule has 1 aliphatic heterocycles. The highest BCUT2D eigenvalue weighted by molar-refractivity contribution is 5.25. The van der Waals surface area contributed by atoms with Gasteiger partial charge >= 0.3 is 0 Å². The Balaban J connectivity index is 1.61. The minimum absolute atomic E-state index is 0.146. The molecule has 25 heavy (non-hydrogen) atoms. The van der Waals surface area contributed by atoms with Crippen molar-refractivity contribution in [2.45, 2.75) is 98.4 Å². The van der Waals surface area contributed by atoms with Crippen molar-refractivity contribution in [1.82, 2.24) is 0 Å². The van der Waals surface area contributed by atoms with Gasteiger partial charge in [-0.2, -0.15) is 0 Å². The molecule has 5 atom stereocenters. The van der Waals surface area contributed by atoms with Crippen molar-refractivity contribution >= 4 is 0 Å². The first-order chi connectivity index (χ1) is 11.6. The fourth-order valence-corrected chi connectivity index (χ4v) is 7.12. The Morgan fingerprint density at radius 1 is 0.960 bits per heavy atom. The van der Waals surface area contributed by atoms with Crippen LogP contribution >= 0.6 is 0 Å². The summed E-state index contributed by atoms with van der Waals surface area (Å²) in [6.07, 6.45) is 12.4. The molecule has 3 fully saturated rings. The number of fused-ring (bicyclic) bond motifs is 3. The van der Waals surface area contributed by atoms with Crippen LogP contribution in [0.2, 0.25) is 0 Å². The Bertz CT molecular complexity index is 575. The van der Waals surface area contributed by atoms with Gasteiger partial charge in [-0.3, -0.25) is 0 Å². The standard InChI is InChI=1S/C23H38O2/c1-20(2)11-7-12-23(6)17-10-13-22(5,14-16(17)8-9-18(20)23)19-15-24-21(3,4)25-19/h14,17-19H,7-13,15H2,1-6H3. The lowest BCUT2D eigenvalue weighted by atomic mass is 9.45. The molecule has 4 aliphatic rings. The van der Waals surface area contributed by atoms with Gasteiger partial charge in [-0.1, -0.05) is 45.8 Å². The van der Waals surface area contributed by atoms with Crippen LogP contribution in [0.25, 0.3) is 0 Å². The van der Waals surface area contributed by atoms with Gasteiger partial charge < -0.3 is 9.47 Å². The van der Waals surface area contributed by atoms with Gasteiger partial charge in [-0.05, 0) is 75.0 Å². The van der Waals surface area contributed by atoms with E-state index in [1.54, 1.807) is 5.57 Å². The second-order valence-corrected chi connectivity index (χ2v) is 11.1. The van der Waals surface area contributed by atoms with Gasteiger partial charge in [-0.15, -0.1) is 0 Å². The zero-order chi connectivity index (χ0) is 18.1. The maximum atomic E-state index is 6.27. The third kappa shape index (κ3) is 2.83. The fraction of sp³-hybridized carbons (Fsp3) is 0.913. The number of hydrogen-bond donors (Lipinski definition) is 0. The molecule has 142 valence electrons. The number of rotatable bonds is 1. The van der Waals surface area contributed by atoms with Crippen LogP contribution in [-0.4, -0.2) is 18.5 Å². The van der Waals surface area contributed by atoms with Crippen LogP contribution in [0.15, 0.2) is 11.6 Å². The Morgan fingerprint density at radius 3 is 2.40 bits per heavy atom. The molecular formula is C23H38O2. The van der Waals surface area contributed by atoms with Crippen molar-refractivity contribution in [3.8, 4) is 0 Å². The van der Waals surface area contributed by atoms with Crippen molar-refractivity contribution in [2.75, 3.05) is 6.61 Å². The van der Waals surface area contributed by atoms with E-state index in [0.29, 0.717) is 10.8 Å². The summed E-state index contributed by atoms with van der Waals surface area (Å²) in [5, 5.41) is 0. The van der Waals surface area contributed by atoms with E-state index in [2.05, 4.69) is 33.8 Å². The molecule has 5 unspecified atom stereocenters. The number of ether oxygens (including phenoxy) is 2. The van der Waals surface area contributed by atoms with E-state index in [1.807, 2.05) is 13.8 Å². The second kappa shape index (κ2) is 5.58. The molecule has 0 radical (unpaired) electrons. The zero-order valence-electron chi connectivity index (χ0n) is 17.3. The molecule has 0 aromatic heterocycles. The monoisotopic (exact) mass is 346 g/mol. The molecule has 1 saturated heterocycles. The molecule has 2 saturated carbocycles. The van der Waals surface area contributed by atoms with Crippen molar-refractivity contribution in [3.05, 3.63) is 11.6 Å². The summed E-state index contributed by atoms with van der Waals surface area (Å²) in [6, 6.07) is 0. The van der Waals surface area contributed by atoms with E-state index >= 15 is 0 Å². The Kier molecular flexibility index (Phi) is 4.03.